The molecule has 0 fully saturated rings. The Bertz CT molecular complexity index is 147. The SMILES string of the molecule is [O]c1cnc(F)s1. The van der Waals surface area contributed by atoms with Crippen LogP contribution in [0.2, 0.25) is 0 Å². The van der Waals surface area contributed by atoms with Crippen molar-refractivity contribution in [2.45, 2.75) is 0 Å². The summed E-state index contributed by atoms with van der Waals surface area (Å²) < 4.78 is 11.6. The van der Waals surface area contributed by atoms with Gasteiger partial charge in [-0.15, -0.1) is 0 Å². The lowest BCUT2D eigenvalue weighted by molar-refractivity contribution is 0.367. The zero-order valence-corrected chi connectivity index (χ0v) is 4.04. The van der Waals surface area contributed by atoms with Gasteiger partial charge in [-0.2, -0.15) is 4.39 Å². The molecule has 0 aliphatic rings. The first-order valence-electron chi connectivity index (χ1n) is 1.57. The molecule has 0 aliphatic carbocycles. The Morgan fingerprint density at radius 2 is 2.57 bits per heavy atom. The first kappa shape index (κ1) is 4.52. The molecule has 0 aromatic carbocycles. The fraction of sp³-hybridized carbons (Fsp3) is 0. The Morgan fingerprint density at radius 3 is 2.71 bits per heavy atom. The van der Waals surface area contributed by atoms with Gasteiger partial charge in [0.15, 0.2) is 0 Å². The van der Waals surface area contributed by atoms with Gasteiger partial charge in [-0.05, 0) is 11.3 Å². The van der Waals surface area contributed by atoms with Crippen LogP contribution in [0.25, 0.3) is 0 Å². The molecule has 1 aromatic heterocycles. The van der Waals surface area contributed by atoms with Gasteiger partial charge >= 0.3 is 0 Å². The van der Waals surface area contributed by atoms with Gasteiger partial charge in [0.1, 0.15) is 0 Å². The molecule has 1 radical (unpaired) electrons. The zero-order valence-electron chi connectivity index (χ0n) is 3.22. The summed E-state index contributed by atoms with van der Waals surface area (Å²) in [4.78, 5) is 3.06. The van der Waals surface area contributed by atoms with Crippen molar-refractivity contribution in [3.63, 3.8) is 0 Å². The highest BCUT2D eigenvalue weighted by molar-refractivity contribution is 7.11. The number of hydrogen-bond acceptors (Lipinski definition) is 2. The average Bonchev–Trinajstić information content (AvgIpc) is 1.87. The normalized spacial score (nSPS) is 9.29. The van der Waals surface area contributed by atoms with E-state index in [1.54, 1.807) is 0 Å². The molecule has 4 heteroatoms. The summed E-state index contributed by atoms with van der Waals surface area (Å²) in [5.74, 6) is 0. The van der Waals surface area contributed by atoms with Crippen molar-refractivity contribution in [2.24, 2.45) is 0 Å². The van der Waals surface area contributed by atoms with E-state index in [2.05, 4.69) is 4.98 Å². The monoisotopic (exact) mass is 118 g/mol. The Hall–Kier alpha value is -0.640. The third-order valence-corrected chi connectivity index (χ3v) is 1.04. The molecule has 0 spiro atoms. The van der Waals surface area contributed by atoms with Gasteiger partial charge in [0, 0.05) is 0 Å². The summed E-state index contributed by atoms with van der Waals surface area (Å²) in [5, 5.41) is 9.01. The van der Waals surface area contributed by atoms with Gasteiger partial charge < -0.3 is 0 Å². The molecule has 2 nitrogen and oxygen atoms in total. The molecule has 0 saturated carbocycles. The van der Waals surface area contributed by atoms with Crippen molar-refractivity contribution >= 4 is 11.3 Å². The second-order valence-electron chi connectivity index (χ2n) is 0.932. The largest absolute Gasteiger partial charge is 0.276 e. The molecule has 0 unspecified atom stereocenters. The molecule has 0 atom stereocenters. The van der Waals surface area contributed by atoms with Gasteiger partial charge in [0.25, 0.3) is 10.3 Å². The van der Waals surface area contributed by atoms with Crippen molar-refractivity contribution in [2.75, 3.05) is 0 Å². The van der Waals surface area contributed by atoms with Crippen molar-refractivity contribution in [1.29, 1.82) is 0 Å². The molecule has 7 heavy (non-hydrogen) atoms. The number of halogens is 1. The van der Waals surface area contributed by atoms with Crippen LogP contribution in [0.4, 0.5) is 4.39 Å². The van der Waals surface area contributed by atoms with Crippen molar-refractivity contribution < 1.29 is 9.50 Å². The highest BCUT2D eigenvalue weighted by Crippen LogP contribution is 2.17. The Morgan fingerprint density at radius 1 is 1.86 bits per heavy atom. The summed E-state index contributed by atoms with van der Waals surface area (Å²) in [5.41, 5.74) is 0. The number of hydrogen-bond donors (Lipinski definition) is 0. The van der Waals surface area contributed by atoms with E-state index in [4.69, 9.17) is 0 Å². The molecule has 1 aromatic rings. The van der Waals surface area contributed by atoms with E-state index in [0.29, 0.717) is 11.3 Å². The Labute approximate surface area is 43.3 Å². The smallest absolute Gasteiger partial charge is 0.272 e. The fourth-order valence-corrected chi connectivity index (χ4v) is 0.616. The summed E-state index contributed by atoms with van der Waals surface area (Å²) in [6.45, 7) is 0. The van der Waals surface area contributed by atoms with Crippen molar-refractivity contribution in [1.82, 2.24) is 4.98 Å². The number of rotatable bonds is 0. The zero-order chi connectivity index (χ0) is 5.28. The Kier molecular flexibility index (Phi) is 0.941. The van der Waals surface area contributed by atoms with Gasteiger partial charge in [0.05, 0.1) is 6.20 Å². The first-order valence-corrected chi connectivity index (χ1v) is 2.39. The third-order valence-electron chi connectivity index (χ3n) is 0.456. The van der Waals surface area contributed by atoms with Crippen LogP contribution >= 0.6 is 11.3 Å². The third kappa shape index (κ3) is 0.866. The first-order chi connectivity index (χ1) is 3.29. The minimum Gasteiger partial charge on any atom is -0.276 e. The molecule has 1 rings (SSSR count). The number of nitrogens with zero attached hydrogens (tertiary/aromatic N) is 1. The predicted molar refractivity (Wildman–Crippen MR) is 22.2 cm³/mol. The molecule has 0 N–H and O–H groups in total. The lowest BCUT2D eigenvalue weighted by Crippen LogP contribution is -1.58. The summed E-state index contributed by atoms with van der Waals surface area (Å²) in [6, 6.07) is 0. The number of aromatic nitrogens is 1. The maximum absolute atomic E-state index is 11.6. The second kappa shape index (κ2) is 1.46. The molecule has 1 heterocycles. The van der Waals surface area contributed by atoms with Gasteiger partial charge in [-0.1, -0.05) is 0 Å². The topological polar surface area (TPSA) is 32.8 Å². The van der Waals surface area contributed by atoms with Crippen LogP contribution in [0, 0.1) is 5.26 Å². The molecule has 0 amide bonds. The second-order valence-corrected chi connectivity index (χ2v) is 1.88. The van der Waals surface area contributed by atoms with E-state index < -0.39 is 5.26 Å². The average molecular weight is 118 g/mol. The van der Waals surface area contributed by atoms with Crippen molar-refractivity contribution in [3.05, 3.63) is 11.5 Å². The molecule has 0 bridgehead atoms. The van der Waals surface area contributed by atoms with Crippen LogP contribution in [0.3, 0.4) is 0 Å². The molecular formula is C3HFNOS. The van der Waals surface area contributed by atoms with E-state index >= 15 is 0 Å². The van der Waals surface area contributed by atoms with Gasteiger partial charge in [0.2, 0.25) is 0 Å². The van der Waals surface area contributed by atoms with Crippen LogP contribution in [0.1, 0.15) is 0 Å². The van der Waals surface area contributed by atoms with E-state index in [1.165, 1.54) is 0 Å². The van der Waals surface area contributed by atoms with E-state index in [1.807, 2.05) is 0 Å². The minimum absolute atomic E-state index is 0.336. The lowest BCUT2D eigenvalue weighted by Gasteiger charge is -1.60. The van der Waals surface area contributed by atoms with Crippen LogP contribution < -0.4 is 0 Å². The van der Waals surface area contributed by atoms with Crippen molar-refractivity contribution in [3.8, 4) is 5.06 Å². The molecule has 0 saturated heterocycles. The molecular weight excluding hydrogens is 117 g/mol. The van der Waals surface area contributed by atoms with E-state index in [-0.39, 0.29) is 5.06 Å². The fourth-order valence-electron chi connectivity index (χ4n) is 0.239. The number of thiazole rings is 1. The lowest BCUT2D eigenvalue weighted by atomic mass is 10.9. The molecule has 37 valence electrons. The van der Waals surface area contributed by atoms with E-state index in [9.17, 15) is 9.50 Å². The van der Waals surface area contributed by atoms with Crippen LogP contribution in [-0.2, 0) is 5.11 Å². The highest BCUT2D eigenvalue weighted by Gasteiger charge is 1.96. The minimum atomic E-state index is -0.662. The van der Waals surface area contributed by atoms with Crippen LogP contribution in [0.15, 0.2) is 6.20 Å². The predicted octanol–water partition coefficient (Wildman–Crippen LogP) is 1.43. The Balaban J connectivity index is 3.04. The standard InChI is InChI=1S/C3HFNOS/c4-3-5-1-2(6)7-3/h1H. The summed E-state index contributed by atoms with van der Waals surface area (Å²) in [7, 11) is 0. The van der Waals surface area contributed by atoms with Gasteiger partial charge in [-0.3, -0.25) is 5.11 Å². The van der Waals surface area contributed by atoms with E-state index in [0.717, 1.165) is 6.20 Å². The molecule has 0 aliphatic heterocycles. The quantitative estimate of drug-likeness (QED) is 0.507. The highest BCUT2D eigenvalue weighted by atomic mass is 32.1. The summed E-state index contributed by atoms with van der Waals surface area (Å²) >= 11 is 0.509. The van der Waals surface area contributed by atoms with Crippen LogP contribution in [0.5, 0.6) is 5.06 Å². The maximum Gasteiger partial charge on any atom is 0.272 e. The summed E-state index contributed by atoms with van der Waals surface area (Å²) in [6.07, 6.45) is 0.958. The maximum atomic E-state index is 11.6. The van der Waals surface area contributed by atoms with Gasteiger partial charge in [-0.25, -0.2) is 4.98 Å². The van der Waals surface area contributed by atoms with Crippen LogP contribution in [-0.4, -0.2) is 4.98 Å².